The van der Waals surface area contributed by atoms with Crippen molar-refractivity contribution in [3.8, 4) is 0 Å². The largest absolute Gasteiger partial charge is 0.367 e. The molecule has 1 rings (SSSR count). The number of aromatic amines is 1. The highest BCUT2D eigenvalue weighted by molar-refractivity contribution is 5.78. The summed E-state index contributed by atoms with van der Waals surface area (Å²) in [6, 6.07) is 2.03. The summed E-state index contributed by atoms with van der Waals surface area (Å²) in [5.74, 6) is 0.367. The van der Waals surface area contributed by atoms with E-state index in [1.807, 2.05) is 18.5 Å². The van der Waals surface area contributed by atoms with Crippen LogP contribution in [0.5, 0.6) is 0 Å². The standard InChI is InChI=1S/C12H20N2O/c1-3-11(4-2)12(15)14-8-6-10-5-7-13-9-10/h5,7,9,11,13H,3-4,6,8H2,1-2H3,(H,14,15). The van der Waals surface area contributed by atoms with Crippen LogP contribution in [0.1, 0.15) is 32.3 Å². The molecule has 0 atom stereocenters. The van der Waals surface area contributed by atoms with E-state index in [0.717, 1.165) is 25.8 Å². The first-order chi connectivity index (χ1) is 7.27. The van der Waals surface area contributed by atoms with Crippen molar-refractivity contribution in [2.75, 3.05) is 6.54 Å². The lowest BCUT2D eigenvalue weighted by molar-refractivity contribution is -0.125. The maximum Gasteiger partial charge on any atom is 0.223 e. The van der Waals surface area contributed by atoms with Gasteiger partial charge < -0.3 is 10.3 Å². The molecule has 0 fully saturated rings. The van der Waals surface area contributed by atoms with Crippen LogP contribution in [0, 0.1) is 5.92 Å². The summed E-state index contributed by atoms with van der Waals surface area (Å²) < 4.78 is 0. The molecule has 15 heavy (non-hydrogen) atoms. The predicted molar refractivity (Wildman–Crippen MR) is 61.6 cm³/mol. The van der Waals surface area contributed by atoms with E-state index >= 15 is 0 Å². The van der Waals surface area contributed by atoms with Crippen molar-refractivity contribution in [3.63, 3.8) is 0 Å². The maximum atomic E-state index is 11.6. The molecule has 1 amide bonds. The molecular formula is C12H20N2O. The molecule has 1 aromatic heterocycles. The van der Waals surface area contributed by atoms with Gasteiger partial charge in [0, 0.05) is 24.9 Å². The molecule has 0 saturated heterocycles. The van der Waals surface area contributed by atoms with Crippen molar-refractivity contribution in [1.82, 2.24) is 10.3 Å². The maximum absolute atomic E-state index is 11.6. The van der Waals surface area contributed by atoms with Gasteiger partial charge >= 0.3 is 0 Å². The van der Waals surface area contributed by atoms with Crippen LogP contribution < -0.4 is 5.32 Å². The number of rotatable bonds is 6. The molecule has 2 N–H and O–H groups in total. The number of hydrogen-bond acceptors (Lipinski definition) is 1. The van der Waals surface area contributed by atoms with Gasteiger partial charge in [0.25, 0.3) is 0 Å². The number of carbonyl (C=O) groups is 1. The van der Waals surface area contributed by atoms with E-state index in [1.54, 1.807) is 0 Å². The second kappa shape index (κ2) is 6.27. The summed E-state index contributed by atoms with van der Waals surface area (Å²) in [7, 11) is 0. The zero-order valence-electron chi connectivity index (χ0n) is 9.55. The average Bonchev–Trinajstić information content (AvgIpc) is 2.72. The second-order valence-corrected chi connectivity index (χ2v) is 3.77. The van der Waals surface area contributed by atoms with Crippen LogP contribution in [-0.2, 0) is 11.2 Å². The lowest BCUT2D eigenvalue weighted by Gasteiger charge is -2.12. The van der Waals surface area contributed by atoms with E-state index < -0.39 is 0 Å². The lowest BCUT2D eigenvalue weighted by atomic mass is 10.0. The molecule has 0 saturated carbocycles. The van der Waals surface area contributed by atoms with Crippen LogP contribution in [0.15, 0.2) is 18.5 Å². The molecule has 1 aromatic rings. The number of amides is 1. The first-order valence-corrected chi connectivity index (χ1v) is 5.67. The highest BCUT2D eigenvalue weighted by atomic mass is 16.1. The Labute approximate surface area is 91.3 Å². The minimum Gasteiger partial charge on any atom is -0.367 e. The van der Waals surface area contributed by atoms with Crippen LogP contribution in [0.2, 0.25) is 0 Å². The van der Waals surface area contributed by atoms with Gasteiger partial charge in [-0.25, -0.2) is 0 Å². The highest BCUT2D eigenvalue weighted by Crippen LogP contribution is 2.06. The van der Waals surface area contributed by atoms with Crippen molar-refractivity contribution in [1.29, 1.82) is 0 Å². The molecule has 0 radical (unpaired) electrons. The summed E-state index contributed by atoms with van der Waals surface area (Å²) >= 11 is 0. The number of carbonyl (C=O) groups excluding carboxylic acids is 1. The molecule has 0 aliphatic rings. The van der Waals surface area contributed by atoms with E-state index in [-0.39, 0.29) is 11.8 Å². The Morgan fingerprint density at radius 1 is 1.47 bits per heavy atom. The summed E-state index contributed by atoms with van der Waals surface area (Å²) in [6.07, 6.45) is 6.61. The van der Waals surface area contributed by atoms with Crippen molar-refractivity contribution in [2.24, 2.45) is 5.92 Å². The van der Waals surface area contributed by atoms with Crippen molar-refractivity contribution < 1.29 is 4.79 Å². The molecule has 84 valence electrons. The van der Waals surface area contributed by atoms with Gasteiger partial charge in [0.15, 0.2) is 0 Å². The van der Waals surface area contributed by atoms with Gasteiger partial charge in [-0.2, -0.15) is 0 Å². The molecular weight excluding hydrogens is 188 g/mol. The fraction of sp³-hybridized carbons (Fsp3) is 0.583. The van der Waals surface area contributed by atoms with Gasteiger partial charge in [-0.1, -0.05) is 13.8 Å². The van der Waals surface area contributed by atoms with Gasteiger partial charge in [0.2, 0.25) is 5.91 Å². The predicted octanol–water partition coefficient (Wildman–Crippen LogP) is 2.11. The molecule has 0 bridgehead atoms. The van der Waals surface area contributed by atoms with E-state index in [0.29, 0.717) is 0 Å². The van der Waals surface area contributed by atoms with Gasteiger partial charge in [0.05, 0.1) is 0 Å². The average molecular weight is 208 g/mol. The van der Waals surface area contributed by atoms with Crippen LogP contribution in [0.3, 0.4) is 0 Å². The third-order valence-electron chi connectivity index (χ3n) is 2.73. The van der Waals surface area contributed by atoms with Crippen LogP contribution >= 0.6 is 0 Å². The minimum absolute atomic E-state index is 0.177. The Morgan fingerprint density at radius 3 is 2.73 bits per heavy atom. The Morgan fingerprint density at radius 2 is 2.20 bits per heavy atom. The van der Waals surface area contributed by atoms with E-state index in [4.69, 9.17) is 0 Å². The van der Waals surface area contributed by atoms with Gasteiger partial charge in [-0.05, 0) is 30.9 Å². The smallest absolute Gasteiger partial charge is 0.223 e. The van der Waals surface area contributed by atoms with Gasteiger partial charge in [0.1, 0.15) is 0 Å². The lowest BCUT2D eigenvalue weighted by Crippen LogP contribution is -2.31. The molecule has 0 spiro atoms. The van der Waals surface area contributed by atoms with Crippen molar-refractivity contribution in [3.05, 3.63) is 24.0 Å². The molecule has 1 heterocycles. The molecule has 3 heteroatoms. The Bertz CT molecular complexity index is 276. The number of H-pyrrole nitrogens is 1. The molecule has 3 nitrogen and oxygen atoms in total. The zero-order chi connectivity index (χ0) is 11.1. The summed E-state index contributed by atoms with van der Waals surface area (Å²) in [5.41, 5.74) is 1.24. The highest BCUT2D eigenvalue weighted by Gasteiger charge is 2.12. The van der Waals surface area contributed by atoms with E-state index in [9.17, 15) is 4.79 Å². The quantitative estimate of drug-likeness (QED) is 0.739. The number of nitrogens with one attached hydrogen (secondary N) is 2. The van der Waals surface area contributed by atoms with E-state index in [2.05, 4.69) is 24.1 Å². The van der Waals surface area contributed by atoms with E-state index in [1.165, 1.54) is 5.56 Å². The van der Waals surface area contributed by atoms with Gasteiger partial charge in [-0.3, -0.25) is 4.79 Å². The normalized spacial score (nSPS) is 10.6. The fourth-order valence-electron chi connectivity index (χ4n) is 1.65. The second-order valence-electron chi connectivity index (χ2n) is 3.77. The number of hydrogen-bond donors (Lipinski definition) is 2. The molecule has 0 aromatic carbocycles. The zero-order valence-corrected chi connectivity index (χ0v) is 9.55. The topological polar surface area (TPSA) is 44.9 Å². The summed E-state index contributed by atoms with van der Waals surface area (Å²) in [6.45, 7) is 4.84. The van der Waals surface area contributed by atoms with Gasteiger partial charge in [-0.15, -0.1) is 0 Å². The number of aromatic nitrogens is 1. The van der Waals surface area contributed by atoms with Crippen LogP contribution in [0.25, 0.3) is 0 Å². The molecule has 0 aliphatic carbocycles. The first kappa shape index (κ1) is 11.8. The molecule has 0 aliphatic heterocycles. The van der Waals surface area contributed by atoms with Crippen LogP contribution in [-0.4, -0.2) is 17.4 Å². The third-order valence-corrected chi connectivity index (χ3v) is 2.73. The summed E-state index contributed by atoms with van der Waals surface area (Å²) in [4.78, 5) is 14.6. The van der Waals surface area contributed by atoms with Crippen LogP contribution in [0.4, 0.5) is 0 Å². The van der Waals surface area contributed by atoms with Crippen molar-refractivity contribution >= 4 is 5.91 Å². The molecule has 0 unspecified atom stereocenters. The first-order valence-electron chi connectivity index (χ1n) is 5.67. The van der Waals surface area contributed by atoms with Crippen molar-refractivity contribution in [2.45, 2.75) is 33.1 Å². The Hall–Kier alpha value is -1.25. The fourth-order valence-corrected chi connectivity index (χ4v) is 1.65. The minimum atomic E-state index is 0.177. The Kier molecular flexibility index (Phi) is 4.95. The summed E-state index contributed by atoms with van der Waals surface area (Å²) in [5, 5.41) is 2.97. The monoisotopic (exact) mass is 208 g/mol. The SMILES string of the molecule is CCC(CC)C(=O)NCCc1cc[nH]c1. The third kappa shape index (κ3) is 3.78. The Balaban J connectivity index is 2.22.